The van der Waals surface area contributed by atoms with Gasteiger partial charge in [-0.15, -0.1) is 15.3 Å². The number of fused-ring (bicyclic) bond motifs is 4. The topological polar surface area (TPSA) is 80.0 Å². The Labute approximate surface area is 217 Å². The molecule has 3 heterocycles. The van der Waals surface area contributed by atoms with Gasteiger partial charge in [0.1, 0.15) is 0 Å². The van der Waals surface area contributed by atoms with Crippen molar-refractivity contribution in [2.75, 3.05) is 18.4 Å². The monoisotopic (exact) mass is 492 g/mol. The maximum atomic E-state index is 5.98. The number of nitrogens with one attached hydrogen (secondary N) is 1. The van der Waals surface area contributed by atoms with Gasteiger partial charge in [-0.2, -0.15) is 0 Å². The van der Waals surface area contributed by atoms with Gasteiger partial charge >= 0.3 is 6.01 Å². The molecule has 1 N–H and O–H groups in total. The SMILES string of the molecule is c1ccc2c(c1)CCCc1cc(-c3nnc(Nc4ccc5c(c4)CC[C@@H](N4CCCC4)CC5)o3)nnc1-2. The first-order valence-electron chi connectivity index (χ1n) is 13.7. The molecule has 7 rings (SSSR count). The van der Waals surface area contributed by atoms with Crippen LogP contribution in [0.4, 0.5) is 11.7 Å². The quantitative estimate of drug-likeness (QED) is 0.362. The Hall–Kier alpha value is -3.58. The third-order valence-corrected chi connectivity index (χ3v) is 8.29. The first-order chi connectivity index (χ1) is 18.3. The lowest BCUT2D eigenvalue weighted by molar-refractivity contribution is 0.222. The van der Waals surface area contributed by atoms with E-state index in [1.165, 1.54) is 66.6 Å². The van der Waals surface area contributed by atoms with E-state index in [2.05, 4.69) is 79.1 Å². The van der Waals surface area contributed by atoms with Crippen LogP contribution >= 0.6 is 0 Å². The molecule has 1 saturated heterocycles. The Morgan fingerprint density at radius 3 is 2.49 bits per heavy atom. The van der Waals surface area contributed by atoms with Crippen molar-refractivity contribution in [3.8, 4) is 22.8 Å². The first-order valence-corrected chi connectivity index (χ1v) is 13.7. The molecule has 0 unspecified atom stereocenters. The predicted molar refractivity (Wildman–Crippen MR) is 144 cm³/mol. The zero-order valence-corrected chi connectivity index (χ0v) is 21.1. The fourth-order valence-electron chi connectivity index (χ4n) is 6.33. The molecule has 7 nitrogen and oxygen atoms in total. The van der Waals surface area contributed by atoms with Crippen molar-refractivity contribution in [1.29, 1.82) is 0 Å². The van der Waals surface area contributed by atoms with Gasteiger partial charge in [-0.1, -0.05) is 35.4 Å². The smallest absolute Gasteiger partial charge is 0.320 e. The molecule has 7 heteroatoms. The summed E-state index contributed by atoms with van der Waals surface area (Å²) < 4.78 is 5.98. The number of hydrogen-bond acceptors (Lipinski definition) is 7. The number of rotatable bonds is 4. The fourth-order valence-corrected chi connectivity index (χ4v) is 6.33. The Kier molecular flexibility index (Phi) is 5.93. The number of nitrogens with zero attached hydrogens (tertiary/aromatic N) is 5. The van der Waals surface area contributed by atoms with Crippen LogP contribution < -0.4 is 5.32 Å². The van der Waals surface area contributed by atoms with E-state index in [0.717, 1.165) is 49.5 Å². The highest BCUT2D eigenvalue weighted by molar-refractivity contribution is 5.69. The number of likely N-dealkylation sites (tertiary alicyclic amines) is 1. The highest BCUT2D eigenvalue weighted by atomic mass is 16.4. The molecule has 0 amide bonds. The van der Waals surface area contributed by atoms with Gasteiger partial charge < -0.3 is 14.6 Å². The van der Waals surface area contributed by atoms with Crippen LogP contribution in [0, 0.1) is 0 Å². The Morgan fingerprint density at radius 1 is 0.730 bits per heavy atom. The second kappa shape index (κ2) is 9.71. The van der Waals surface area contributed by atoms with Gasteiger partial charge in [-0.05, 0) is 111 Å². The molecule has 0 saturated carbocycles. The lowest BCUT2D eigenvalue weighted by Crippen LogP contribution is -2.32. The van der Waals surface area contributed by atoms with E-state index < -0.39 is 0 Å². The highest BCUT2D eigenvalue weighted by Crippen LogP contribution is 2.33. The van der Waals surface area contributed by atoms with Crippen LogP contribution in [0.1, 0.15) is 54.4 Å². The van der Waals surface area contributed by atoms with Gasteiger partial charge in [0.05, 0.1) is 5.69 Å². The third kappa shape index (κ3) is 4.53. The molecule has 1 aliphatic heterocycles. The van der Waals surface area contributed by atoms with Crippen LogP contribution in [0.5, 0.6) is 0 Å². The minimum absolute atomic E-state index is 0.376. The molecule has 2 aromatic heterocycles. The lowest BCUT2D eigenvalue weighted by Gasteiger charge is -2.25. The van der Waals surface area contributed by atoms with E-state index in [9.17, 15) is 0 Å². The van der Waals surface area contributed by atoms with E-state index in [-0.39, 0.29) is 0 Å². The molecule has 2 aliphatic carbocycles. The van der Waals surface area contributed by atoms with Gasteiger partial charge in [0.25, 0.3) is 5.89 Å². The zero-order valence-electron chi connectivity index (χ0n) is 21.1. The van der Waals surface area contributed by atoms with Crippen LogP contribution in [-0.2, 0) is 25.7 Å². The maximum absolute atomic E-state index is 5.98. The van der Waals surface area contributed by atoms with Crippen molar-refractivity contribution in [1.82, 2.24) is 25.3 Å². The Morgan fingerprint density at radius 2 is 1.57 bits per heavy atom. The molecule has 188 valence electrons. The van der Waals surface area contributed by atoms with E-state index >= 15 is 0 Å². The maximum Gasteiger partial charge on any atom is 0.320 e. The van der Waals surface area contributed by atoms with Gasteiger partial charge in [0.15, 0.2) is 5.69 Å². The zero-order chi connectivity index (χ0) is 24.6. The Bertz CT molecular complexity index is 1420. The second-order valence-corrected chi connectivity index (χ2v) is 10.6. The number of aryl methyl sites for hydroxylation is 4. The van der Waals surface area contributed by atoms with Crippen LogP contribution in [0.15, 0.2) is 52.9 Å². The summed E-state index contributed by atoms with van der Waals surface area (Å²) in [5.74, 6) is 0.388. The van der Waals surface area contributed by atoms with Crippen molar-refractivity contribution in [3.63, 3.8) is 0 Å². The molecule has 37 heavy (non-hydrogen) atoms. The number of aromatic nitrogens is 4. The van der Waals surface area contributed by atoms with E-state index in [4.69, 9.17) is 4.42 Å². The standard InChI is InChI=1S/C30H32N6O/c1-2-9-26-21(6-1)7-5-8-23-19-27(32-33-28(23)26)29-34-35-30(37-29)31-24-13-10-20-11-14-25(15-12-22(20)18-24)36-16-3-4-17-36/h1-2,6,9-10,13,18-19,25H,3-5,7-8,11-12,14-17H2,(H,31,35)/t25-/m0/s1. The van der Waals surface area contributed by atoms with Crippen LogP contribution in [0.2, 0.25) is 0 Å². The van der Waals surface area contributed by atoms with Gasteiger partial charge in [0, 0.05) is 17.3 Å². The van der Waals surface area contributed by atoms with Crippen LogP contribution in [0.3, 0.4) is 0 Å². The van der Waals surface area contributed by atoms with Crippen molar-refractivity contribution >= 4 is 11.7 Å². The summed E-state index contributed by atoms with van der Waals surface area (Å²) in [5, 5.41) is 20.9. The molecule has 3 aliphatic rings. The summed E-state index contributed by atoms with van der Waals surface area (Å²) in [4.78, 5) is 2.70. The highest BCUT2D eigenvalue weighted by Gasteiger charge is 2.25. The normalized spacial score (nSPS) is 19.4. The van der Waals surface area contributed by atoms with Crippen molar-refractivity contribution in [2.45, 2.75) is 63.8 Å². The van der Waals surface area contributed by atoms with E-state index in [0.29, 0.717) is 17.6 Å². The first kappa shape index (κ1) is 22.6. The molecule has 4 aromatic rings. The lowest BCUT2D eigenvalue weighted by atomic mass is 10.0. The molecule has 0 spiro atoms. The van der Waals surface area contributed by atoms with Gasteiger partial charge in [0.2, 0.25) is 0 Å². The molecular formula is C30H32N6O. The van der Waals surface area contributed by atoms with Gasteiger partial charge in [-0.25, -0.2) is 0 Å². The van der Waals surface area contributed by atoms with Crippen molar-refractivity contribution < 1.29 is 4.42 Å². The molecule has 0 bridgehead atoms. The minimum Gasteiger partial charge on any atom is -0.401 e. The van der Waals surface area contributed by atoms with E-state index in [1.54, 1.807) is 0 Å². The van der Waals surface area contributed by atoms with E-state index in [1.807, 2.05) is 0 Å². The van der Waals surface area contributed by atoms with Crippen molar-refractivity contribution in [3.05, 3.63) is 70.8 Å². The number of anilines is 2. The summed E-state index contributed by atoms with van der Waals surface area (Å²) in [6.45, 7) is 2.55. The molecule has 1 fully saturated rings. The van der Waals surface area contributed by atoms with Crippen LogP contribution in [0.25, 0.3) is 22.8 Å². The summed E-state index contributed by atoms with van der Waals surface area (Å²) in [7, 11) is 0. The third-order valence-electron chi connectivity index (χ3n) is 8.29. The number of hydrogen-bond donors (Lipinski definition) is 1. The Balaban J connectivity index is 1.08. The van der Waals surface area contributed by atoms with Crippen LogP contribution in [-0.4, -0.2) is 44.4 Å². The summed E-state index contributed by atoms with van der Waals surface area (Å²) in [6, 6.07) is 18.3. The summed E-state index contributed by atoms with van der Waals surface area (Å²) in [6.07, 6.45) is 10.6. The summed E-state index contributed by atoms with van der Waals surface area (Å²) in [5.41, 5.74) is 9.17. The second-order valence-electron chi connectivity index (χ2n) is 10.6. The largest absolute Gasteiger partial charge is 0.401 e. The predicted octanol–water partition coefficient (Wildman–Crippen LogP) is 5.77. The van der Waals surface area contributed by atoms with Crippen molar-refractivity contribution in [2.24, 2.45) is 0 Å². The average Bonchev–Trinajstić information content (AvgIpc) is 3.54. The minimum atomic E-state index is 0.376. The molecule has 0 radical (unpaired) electrons. The molecule has 2 aromatic carbocycles. The average molecular weight is 493 g/mol. The molecular weight excluding hydrogens is 460 g/mol. The number of benzene rings is 2. The summed E-state index contributed by atoms with van der Waals surface area (Å²) >= 11 is 0. The molecule has 1 atom stereocenters. The van der Waals surface area contributed by atoms with Gasteiger partial charge in [-0.3, -0.25) is 0 Å². The fraction of sp³-hybridized carbons (Fsp3) is 0.400.